The highest BCUT2D eigenvalue weighted by Gasteiger charge is 2.21. The molecule has 2 saturated heterocycles. The SMILES string of the molecule is CN=C(NCc1ccc(N2CCCC2=O)cc1)NCC(C)CN1CCOCC1. The first kappa shape index (κ1) is 20.6. The van der Waals surface area contributed by atoms with Gasteiger partial charge in [0.05, 0.1) is 13.2 Å². The number of anilines is 1. The molecule has 2 N–H and O–H groups in total. The summed E-state index contributed by atoms with van der Waals surface area (Å²) in [4.78, 5) is 20.5. The smallest absolute Gasteiger partial charge is 0.227 e. The van der Waals surface area contributed by atoms with Gasteiger partial charge in [0.2, 0.25) is 5.91 Å². The van der Waals surface area contributed by atoms with E-state index in [0.717, 1.165) is 64.0 Å². The van der Waals surface area contributed by atoms with Crippen LogP contribution in [0.25, 0.3) is 0 Å². The zero-order chi connectivity index (χ0) is 19.8. The number of ether oxygens (including phenoxy) is 1. The van der Waals surface area contributed by atoms with Gasteiger partial charge in [0, 0.05) is 58.4 Å². The summed E-state index contributed by atoms with van der Waals surface area (Å²) in [5.41, 5.74) is 2.16. The molecule has 2 heterocycles. The maximum atomic E-state index is 11.8. The largest absolute Gasteiger partial charge is 0.379 e. The van der Waals surface area contributed by atoms with Crippen molar-refractivity contribution in [2.75, 3.05) is 57.9 Å². The Hall–Kier alpha value is -2.12. The topological polar surface area (TPSA) is 69.2 Å². The third kappa shape index (κ3) is 5.94. The van der Waals surface area contributed by atoms with E-state index in [9.17, 15) is 4.79 Å². The van der Waals surface area contributed by atoms with E-state index < -0.39 is 0 Å². The number of aliphatic imine (C=N–C) groups is 1. The van der Waals surface area contributed by atoms with Gasteiger partial charge in [-0.25, -0.2) is 0 Å². The second kappa shape index (κ2) is 10.4. The molecule has 0 bridgehead atoms. The molecule has 1 unspecified atom stereocenters. The van der Waals surface area contributed by atoms with Crippen LogP contribution in [0.5, 0.6) is 0 Å². The highest BCUT2D eigenvalue weighted by Crippen LogP contribution is 2.21. The first-order valence-electron chi connectivity index (χ1n) is 10.3. The number of guanidine groups is 1. The summed E-state index contributed by atoms with van der Waals surface area (Å²) in [6.07, 6.45) is 1.61. The Kier molecular flexibility index (Phi) is 7.68. The maximum Gasteiger partial charge on any atom is 0.227 e. The quantitative estimate of drug-likeness (QED) is 0.547. The third-order valence-corrected chi connectivity index (χ3v) is 5.30. The van der Waals surface area contributed by atoms with E-state index in [4.69, 9.17) is 4.74 Å². The summed E-state index contributed by atoms with van der Waals surface area (Å²) in [6, 6.07) is 8.20. The normalized spacial score (nSPS) is 19.7. The van der Waals surface area contributed by atoms with Crippen LogP contribution in [0, 0.1) is 5.92 Å². The predicted octanol–water partition coefficient (Wildman–Crippen LogP) is 1.45. The van der Waals surface area contributed by atoms with E-state index in [2.05, 4.69) is 39.6 Å². The lowest BCUT2D eigenvalue weighted by molar-refractivity contribution is -0.117. The minimum Gasteiger partial charge on any atom is -0.379 e. The van der Waals surface area contributed by atoms with E-state index in [-0.39, 0.29) is 5.91 Å². The second-order valence-corrected chi connectivity index (χ2v) is 7.64. The number of hydrogen-bond donors (Lipinski definition) is 2. The van der Waals surface area contributed by atoms with Crippen molar-refractivity contribution in [3.8, 4) is 0 Å². The van der Waals surface area contributed by atoms with Crippen LogP contribution < -0.4 is 15.5 Å². The predicted molar refractivity (Wildman–Crippen MR) is 113 cm³/mol. The van der Waals surface area contributed by atoms with Crippen molar-refractivity contribution >= 4 is 17.6 Å². The van der Waals surface area contributed by atoms with Gasteiger partial charge in [-0.15, -0.1) is 0 Å². The van der Waals surface area contributed by atoms with Crippen LogP contribution in [0.15, 0.2) is 29.3 Å². The number of morpholine rings is 1. The molecule has 7 heteroatoms. The fraction of sp³-hybridized carbons (Fsp3) is 0.619. The molecule has 0 radical (unpaired) electrons. The number of carbonyl (C=O) groups is 1. The highest BCUT2D eigenvalue weighted by atomic mass is 16.5. The number of nitrogens with one attached hydrogen (secondary N) is 2. The molecule has 0 aromatic heterocycles. The van der Waals surface area contributed by atoms with Crippen LogP contribution in [-0.2, 0) is 16.1 Å². The van der Waals surface area contributed by atoms with Gasteiger partial charge in [0.15, 0.2) is 5.96 Å². The monoisotopic (exact) mass is 387 g/mol. The fourth-order valence-electron chi connectivity index (χ4n) is 3.68. The molecule has 154 valence electrons. The Morgan fingerprint density at radius 3 is 2.57 bits per heavy atom. The van der Waals surface area contributed by atoms with Gasteiger partial charge in [0.1, 0.15) is 0 Å². The van der Waals surface area contributed by atoms with E-state index in [1.807, 2.05) is 17.0 Å². The maximum absolute atomic E-state index is 11.8. The second-order valence-electron chi connectivity index (χ2n) is 7.64. The van der Waals surface area contributed by atoms with Crippen molar-refractivity contribution in [3.05, 3.63) is 29.8 Å². The van der Waals surface area contributed by atoms with Gasteiger partial charge in [-0.05, 0) is 30.0 Å². The molecular formula is C21H33N5O2. The van der Waals surface area contributed by atoms with Crippen molar-refractivity contribution in [2.45, 2.75) is 26.3 Å². The van der Waals surface area contributed by atoms with Gasteiger partial charge in [-0.1, -0.05) is 19.1 Å². The molecule has 0 saturated carbocycles. The fourth-order valence-corrected chi connectivity index (χ4v) is 3.68. The minimum absolute atomic E-state index is 0.224. The number of nitrogens with zero attached hydrogens (tertiary/aromatic N) is 3. The third-order valence-electron chi connectivity index (χ3n) is 5.30. The summed E-state index contributed by atoms with van der Waals surface area (Å²) in [5, 5.41) is 6.79. The lowest BCUT2D eigenvalue weighted by atomic mass is 10.1. The summed E-state index contributed by atoms with van der Waals surface area (Å²) < 4.78 is 5.41. The molecule has 0 aliphatic carbocycles. The van der Waals surface area contributed by atoms with Crippen LogP contribution in [0.2, 0.25) is 0 Å². The molecule has 1 aromatic carbocycles. The lowest BCUT2D eigenvalue weighted by Crippen LogP contribution is -2.43. The van der Waals surface area contributed by atoms with E-state index >= 15 is 0 Å². The Morgan fingerprint density at radius 2 is 1.93 bits per heavy atom. The van der Waals surface area contributed by atoms with Crippen LogP contribution in [0.1, 0.15) is 25.3 Å². The standard InChI is InChI=1S/C21H33N5O2/c1-17(16-25-10-12-28-13-11-25)14-23-21(22-2)24-15-18-5-7-19(8-6-18)26-9-3-4-20(26)27/h5-8,17H,3-4,9-16H2,1-2H3,(H2,22,23,24). The first-order chi connectivity index (χ1) is 13.7. The number of amides is 1. The Balaban J connectivity index is 1.40. The van der Waals surface area contributed by atoms with Crippen LogP contribution >= 0.6 is 0 Å². The molecule has 2 aliphatic rings. The van der Waals surface area contributed by atoms with Crippen LogP contribution in [0.3, 0.4) is 0 Å². The average molecular weight is 388 g/mol. The molecule has 7 nitrogen and oxygen atoms in total. The number of benzene rings is 1. The molecular weight excluding hydrogens is 354 g/mol. The minimum atomic E-state index is 0.224. The highest BCUT2D eigenvalue weighted by molar-refractivity contribution is 5.95. The van der Waals surface area contributed by atoms with Gasteiger partial charge < -0.3 is 20.3 Å². The molecule has 28 heavy (non-hydrogen) atoms. The number of carbonyl (C=O) groups excluding carboxylic acids is 1. The molecule has 2 fully saturated rings. The summed E-state index contributed by atoms with van der Waals surface area (Å²) >= 11 is 0. The van der Waals surface area contributed by atoms with Gasteiger partial charge in [0.25, 0.3) is 0 Å². The van der Waals surface area contributed by atoms with E-state index in [1.165, 1.54) is 5.56 Å². The van der Waals surface area contributed by atoms with Crippen molar-refractivity contribution in [1.29, 1.82) is 0 Å². The molecule has 3 rings (SSSR count). The summed E-state index contributed by atoms with van der Waals surface area (Å²) in [6.45, 7) is 9.47. The van der Waals surface area contributed by atoms with Gasteiger partial charge in [-0.2, -0.15) is 0 Å². The molecule has 2 aliphatic heterocycles. The van der Waals surface area contributed by atoms with Crippen LogP contribution in [-0.4, -0.2) is 69.8 Å². The van der Waals surface area contributed by atoms with E-state index in [1.54, 1.807) is 7.05 Å². The van der Waals surface area contributed by atoms with Gasteiger partial charge in [-0.3, -0.25) is 14.7 Å². The zero-order valence-electron chi connectivity index (χ0n) is 17.1. The lowest BCUT2D eigenvalue weighted by Gasteiger charge is -2.29. The zero-order valence-corrected chi connectivity index (χ0v) is 17.1. The Morgan fingerprint density at radius 1 is 1.18 bits per heavy atom. The number of hydrogen-bond acceptors (Lipinski definition) is 4. The Labute approximate surface area is 168 Å². The number of rotatable bonds is 7. The molecule has 1 aromatic rings. The first-order valence-corrected chi connectivity index (χ1v) is 10.3. The molecule has 1 atom stereocenters. The average Bonchev–Trinajstić information content (AvgIpc) is 3.15. The molecule has 1 amide bonds. The Bertz CT molecular complexity index is 655. The molecule has 0 spiro atoms. The van der Waals surface area contributed by atoms with Crippen molar-refractivity contribution < 1.29 is 9.53 Å². The van der Waals surface area contributed by atoms with Crippen LogP contribution in [0.4, 0.5) is 5.69 Å². The van der Waals surface area contributed by atoms with E-state index in [0.29, 0.717) is 18.9 Å². The van der Waals surface area contributed by atoms with Gasteiger partial charge >= 0.3 is 0 Å². The summed E-state index contributed by atoms with van der Waals surface area (Å²) in [5.74, 6) is 1.57. The summed E-state index contributed by atoms with van der Waals surface area (Å²) in [7, 11) is 1.80. The van der Waals surface area contributed by atoms with Crippen molar-refractivity contribution in [3.63, 3.8) is 0 Å². The van der Waals surface area contributed by atoms with Crippen molar-refractivity contribution in [1.82, 2.24) is 15.5 Å². The van der Waals surface area contributed by atoms with Crippen molar-refractivity contribution in [2.24, 2.45) is 10.9 Å².